The molecule has 2 rings (SSSR count). The van der Waals surface area contributed by atoms with E-state index in [1.807, 2.05) is 55.5 Å². The molecule has 0 aromatic heterocycles. The summed E-state index contributed by atoms with van der Waals surface area (Å²) in [4.78, 5) is 25.3. The molecule has 0 radical (unpaired) electrons. The Balaban J connectivity index is 2.05. The first kappa shape index (κ1) is 19.5. The Bertz CT molecular complexity index is 784. The zero-order valence-electron chi connectivity index (χ0n) is 15.8. The lowest BCUT2D eigenvalue weighted by atomic mass is 9.90. The highest BCUT2D eigenvalue weighted by Crippen LogP contribution is 2.23. The minimum absolute atomic E-state index is 0.297. The summed E-state index contributed by atoms with van der Waals surface area (Å²) in [6.07, 6.45) is 0.802. The molecule has 2 amide bonds. The molecule has 5 heteroatoms. The molecule has 0 saturated heterocycles. The Hall–Kier alpha value is -2.82. The number of carbonyl (C=O) groups excluding carboxylic acids is 2. The number of ether oxygens (including phenoxy) is 1. The van der Waals surface area contributed by atoms with Crippen molar-refractivity contribution < 1.29 is 14.3 Å². The summed E-state index contributed by atoms with van der Waals surface area (Å²) >= 11 is 0. The lowest BCUT2D eigenvalue weighted by Gasteiger charge is -2.23. The summed E-state index contributed by atoms with van der Waals surface area (Å²) in [5, 5.41) is 5.71. The normalized spacial score (nSPS) is 10.9. The Labute approximate surface area is 154 Å². The fraction of sp³-hybridized carbons (Fsp3) is 0.333. The number of aryl methyl sites for hydroxylation is 1. The fourth-order valence-corrected chi connectivity index (χ4v) is 2.58. The molecule has 0 saturated carbocycles. The van der Waals surface area contributed by atoms with Crippen LogP contribution in [0.5, 0.6) is 5.75 Å². The van der Waals surface area contributed by atoms with Crippen LogP contribution in [0.3, 0.4) is 0 Å². The first-order valence-corrected chi connectivity index (χ1v) is 8.69. The van der Waals surface area contributed by atoms with Gasteiger partial charge in [0.25, 0.3) is 0 Å². The van der Waals surface area contributed by atoms with E-state index in [9.17, 15) is 9.59 Å². The SMILES string of the molecule is CCc1ccccc1NC(=O)C(C)(C)C(=O)NCc1ccccc1OC. The molecule has 2 N–H and O–H groups in total. The van der Waals surface area contributed by atoms with E-state index in [-0.39, 0.29) is 11.8 Å². The molecule has 0 heterocycles. The quantitative estimate of drug-likeness (QED) is 0.748. The maximum Gasteiger partial charge on any atom is 0.239 e. The van der Waals surface area contributed by atoms with Gasteiger partial charge in [-0.2, -0.15) is 0 Å². The van der Waals surface area contributed by atoms with E-state index in [1.165, 1.54) is 0 Å². The molecule has 0 aliphatic rings. The van der Waals surface area contributed by atoms with Gasteiger partial charge in [-0.05, 0) is 38.0 Å². The van der Waals surface area contributed by atoms with Gasteiger partial charge >= 0.3 is 0 Å². The Morgan fingerprint density at radius 1 is 0.962 bits per heavy atom. The number of nitrogens with one attached hydrogen (secondary N) is 2. The zero-order valence-corrected chi connectivity index (χ0v) is 15.8. The highest BCUT2D eigenvalue weighted by molar-refractivity contribution is 6.10. The molecular weight excluding hydrogens is 328 g/mol. The van der Waals surface area contributed by atoms with Crippen molar-refractivity contribution in [1.29, 1.82) is 0 Å². The second-order valence-corrected chi connectivity index (χ2v) is 6.58. The topological polar surface area (TPSA) is 67.4 Å². The van der Waals surface area contributed by atoms with Crippen molar-refractivity contribution in [1.82, 2.24) is 5.32 Å². The second-order valence-electron chi connectivity index (χ2n) is 6.58. The average Bonchev–Trinajstić information content (AvgIpc) is 2.66. The molecule has 26 heavy (non-hydrogen) atoms. The highest BCUT2D eigenvalue weighted by Gasteiger charge is 2.36. The van der Waals surface area contributed by atoms with Gasteiger partial charge in [-0.1, -0.05) is 43.3 Å². The van der Waals surface area contributed by atoms with Crippen LogP contribution in [0.2, 0.25) is 0 Å². The first-order chi connectivity index (χ1) is 12.4. The minimum Gasteiger partial charge on any atom is -0.496 e. The van der Waals surface area contributed by atoms with Crippen LogP contribution < -0.4 is 15.4 Å². The molecule has 0 fully saturated rings. The minimum atomic E-state index is -1.21. The number of methoxy groups -OCH3 is 1. The number of para-hydroxylation sites is 2. The van der Waals surface area contributed by atoms with Gasteiger partial charge in [0.1, 0.15) is 11.2 Å². The fourth-order valence-electron chi connectivity index (χ4n) is 2.58. The second kappa shape index (κ2) is 8.52. The largest absolute Gasteiger partial charge is 0.496 e. The first-order valence-electron chi connectivity index (χ1n) is 8.69. The van der Waals surface area contributed by atoms with Crippen LogP contribution in [0.15, 0.2) is 48.5 Å². The number of benzene rings is 2. The van der Waals surface area contributed by atoms with Gasteiger partial charge in [-0.3, -0.25) is 9.59 Å². The number of anilines is 1. The zero-order chi connectivity index (χ0) is 19.2. The van der Waals surface area contributed by atoms with E-state index >= 15 is 0 Å². The highest BCUT2D eigenvalue weighted by atomic mass is 16.5. The standard InChI is InChI=1S/C21H26N2O3/c1-5-15-10-6-8-12-17(15)23-20(25)21(2,3)19(24)22-14-16-11-7-9-13-18(16)26-4/h6-13H,5,14H2,1-4H3,(H,22,24)(H,23,25). The van der Waals surface area contributed by atoms with Crippen molar-refractivity contribution in [3.8, 4) is 5.75 Å². The van der Waals surface area contributed by atoms with Crippen LogP contribution in [-0.2, 0) is 22.6 Å². The van der Waals surface area contributed by atoms with Crippen molar-refractivity contribution >= 4 is 17.5 Å². The van der Waals surface area contributed by atoms with Gasteiger partial charge < -0.3 is 15.4 Å². The van der Waals surface area contributed by atoms with Gasteiger partial charge in [0.2, 0.25) is 11.8 Å². The molecule has 0 aliphatic carbocycles. The molecule has 0 atom stereocenters. The van der Waals surface area contributed by atoms with Crippen molar-refractivity contribution in [3.63, 3.8) is 0 Å². The molecular formula is C21H26N2O3. The lowest BCUT2D eigenvalue weighted by molar-refractivity contribution is -0.138. The van der Waals surface area contributed by atoms with Gasteiger partial charge in [-0.25, -0.2) is 0 Å². The number of amides is 2. The van der Waals surface area contributed by atoms with Crippen LogP contribution in [0.25, 0.3) is 0 Å². The van der Waals surface area contributed by atoms with Gasteiger partial charge in [0.05, 0.1) is 7.11 Å². The molecule has 0 unspecified atom stereocenters. The van der Waals surface area contributed by atoms with Crippen LogP contribution in [0, 0.1) is 5.41 Å². The molecule has 2 aromatic rings. The predicted octanol–water partition coefficient (Wildman–Crippen LogP) is 3.54. The maximum absolute atomic E-state index is 12.7. The van der Waals surface area contributed by atoms with E-state index in [2.05, 4.69) is 10.6 Å². The molecule has 138 valence electrons. The summed E-state index contributed by atoms with van der Waals surface area (Å²) in [6, 6.07) is 15.1. The van der Waals surface area contributed by atoms with Crippen molar-refractivity contribution in [2.24, 2.45) is 5.41 Å². The number of hydrogen-bond donors (Lipinski definition) is 2. The monoisotopic (exact) mass is 354 g/mol. The third kappa shape index (κ3) is 4.42. The van der Waals surface area contributed by atoms with E-state index in [1.54, 1.807) is 21.0 Å². The van der Waals surface area contributed by atoms with Crippen LogP contribution in [0.4, 0.5) is 5.69 Å². The van der Waals surface area contributed by atoms with E-state index in [0.717, 1.165) is 23.2 Å². The van der Waals surface area contributed by atoms with E-state index in [0.29, 0.717) is 12.3 Å². The number of hydrogen-bond acceptors (Lipinski definition) is 3. The number of carbonyl (C=O) groups is 2. The summed E-state index contributed by atoms with van der Waals surface area (Å²) in [5.41, 5.74) is 1.43. The summed E-state index contributed by atoms with van der Waals surface area (Å²) in [5.74, 6) is 0.0257. The molecule has 0 aliphatic heterocycles. The summed E-state index contributed by atoms with van der Waals surface area (Å²) in [6.45, 7) is 5.56. The average molecular weight is 354 g/mol. The van der Waals surface area contributed by atoms with Crippen molar-refractivity contribution in [2.45, 2.75) is 33.7 Å². The van der Waals surface area contributed by atoms with Crippen LogP contribution >= 0.6 is 0 Å². The third-order valence-electron chi connectivity index (χ3n) is 4.41. The number of rotatable bonds is 7. The molecule has 2 aromatic carbocycles. The van der Waals surface area contributed by atoms with Gasteiger partial charge in [0.15, 0.2) is 0 Å². The Morgan fingerprint density at radius 2 is 1.58 bits per heavy atom. The molecule has 5 nitrogen and oxygen atoms in total. The Morgan fingerprint density at radius 3 is 2.23 bits per heavy atom. The van der Waals surface area contributed by atoms with Gasteiger partial charge in [0, 0.05) is 17.8 Å². The van der Waals surface area contributed by atoms with E-state index < -0.39 is 5.41 Å². The van der Waals surface area contributed by atoms with E-state index in [4.69, 9.17) is 4.74 Å². The summed E-state index contributed by atoms with van der Waals surface area (Å²) in [7, 11) is 1.59. The van der Waals surface area contributed by atoms with Gasteiger partial charge in [-0.15, -0.1) is 0 Å². The third-order valence-corrected chi connectivity index (χ3v) is 4.41. The predicted molar refractivity (Wildman–Crippen MR) is 103 cm³/mol. The van der Waals surface area contributed by atoms with Crippen molar-refractivity contribution in [3.05, 3.63) is 59.7 Å². The smallest absolute Gasteiger partial charge is 0.239 e. The maximum atomic E-state index is 12.7. The molecule has 0 bridgehead atoms. The Kier molecular flexibility index (Phi) is 6.39. The van der Waals surface area contributed by atoms with Crippen LogP contribution in [-0.4, -0.2) is 18.9 Å². The van der Waals surface area contributed by atoms with Crippen LogP contribution in [0.1, 0.15) is 31.9 Å². The summed E-state index contributed by atoms with van der Waals surface area (Å²) < 4.78 is 5.28. The van der Waals surface area contributed by atoms with Crippen molar-refractivity contribution in [2.75, 3.05) is 12.4 Å². The lowest BCUT2D eigenvalue weighted by Crippen LogP contribution is -2.45. The molecule has 0 spiro atoms.